The lowest BCUT2D eigenvalue weighted by Crippen LogP contribution is -2.57. The second-order valence-electron chi connectivity index (χ2n) is 8.46. The summed E-state index contributed by atoms with van der Waals surface area (Å²) in [7, 11) is 0. The van der Waals surface area contributed by atoms with Gasteiger partial charge >= 0.3 is 0 Å². The molecule has 2 N–H and O–H groups in total. The highest BCUT2D eigenvalue weighted by molar-refractivity contribution is 5.90. The van der Waals surface area contributed by atoms with Crippen LogP contribution in [0.25, 0.3) is 10.9 Å². The monoisotopic (exact) mass is 353 g/mol. The zero-order chi connectivity index (χ0) is 18.3. The molecule has 2 aromatic rings. The molecular formula is C22H31N3O. The van der Waals surface area contributed by atoms with Crippen LogP contribution in [0.1, 0.15) is 55.8 Å². The number of carbonyl (C=O) groups is 1. The van der Waals surface area contributed by atoms with Gasteiger partial charge in [-0.2, -0.15) is 0 Å². The van der Waals surface area contributed by atoms with Gasteiger partial charge in [-0.3, -0.25) is 4.79 Å². The minimum Gasteiger partial charge on any atom is -0.358 e. The van der Waals surface area contributed by atoms with Crippen molar-refractivity contribution < 1.29 is 4.79 Å². The smallest absolute Gasteiger partial charge is 0.227 e. The van der Waals surface area contributed by atoms with E-state index >= 15 is 0 Å². The van der Waals surface area contributed by atoms with Gasteiger partial charge in [-0.25, -0.2) is 0 Å². The number of fused-ring (bicyclic) bond motifs is 2. The number of rotatable bonds is 2. The second-order valence-corrected chi connectivity index (χ2v) is 8.46. The molecule has 2 atom stereocenters. The van der Waals surface area contributed by atoms with Gasteiger partial charge < -0.3 is 15.2 Å². The summed E-state index contributed by atoms with van der Waals surface area (Å²) in [5, 5.41) is 4.86. The molecule has 0 aliphatic carbocycles. The summed E-state index contributed by atoms with van der Waals surface area (Å²) in [4.78, 5) is 19.1. The van der Waals surface area contributed by atoms with Gasteiger partial charge in [-0.1, -0.05) is 24.5 Å². The van der Waals surface area contributed by atoms with Crippen LogP contribution in [0.4, 0.5) is 0 Å². The largest absolute Gasteiger partial charge is 0.358 e. The van der Waals surface area contributed by atoms with E-state index in [4.69, 9.17) is 0 Å². The number of likely N-dealkylation sites (tertiary alicyclic amines) is 1. The Morgan fingerprint density at radius 3 is 2.96 bits per heavy atom. The number of H-pyrrole nitrogens is 1. The molecule has 0 spiro atoms. The fourth-order valence-electron chi connectivity index (χ4n) is 5.06. The number of nitrogens with zero attached hydrogens (tertiary/aromatic N) is 1. The molecule has 4 nitrogen and oxygen atoms in total. The molecule has 0 bridgehead atoms. The number of hydrogen-bond donors (Lipinski definition) is 2. The first-order valence-corrected chi connectivity index (χ1v) is 10.1. The fourth-order valence-corrected chi connectivity index (χ4v) is 5.06. The predicted molar refractivity (Wildman–Crippen MR) is 106 cm³/mol. The molecule has 1 aromatic carbocycles. The zero-order valence-corrected chi connectivity index (χ0v) is 16.3. The van der Waals surface area contributed by atoms with Crippen LogP contribution in [0.2, 0.25) is 0 Å². The van der Waals surface area contributed by atoms with Crippen LogP contribution < -0.4 is 5.32 Å². The number of benzene rings is 1. The van der Waals surface area contributed by atoms with Crippen LogP contribution in [0.3, 0.4) is 0 Å². The van der Waals surface area contributed by atoms with Gasteiger partial charge in [-0.05, 0) is 64.3 Å². The highest BCUT2D eigenvalue weighted by atomic mass is 16.2. The molecule has 2 aliphatic heterocycles. The summed E-state index contributed by atoms with van der Waals surface area (Å²) >= 11 is 0. The van der Waals surface area contributed by atoms with Gasteiger partial charge in [0, 0.05) is 29.2 Å². The number of hydrogen-bond acceptors (Lipinski definition) is 2. The predicted octanol–water partition coefficient (Wildman–Crippen LogP) is 3.85. The van der Waals surface area contributed by atoms with E-state index in [1.54, 1.807) is 0 Å². The van der Waals surface area contributed by atoms with Gasteiger partial charge in [0.1, 0.15) is 0 Å². The molecule has 0 unspecified atom stereocenters. The highest BCUT2D eigenvalue weighted by Crippen LogP contribution is 2.34. The molecule has 1 amide bonds. The average molecular weight is 354 g/mol. The van der Waals surface area contributed by atoms with E-state index < -0.39 is 0 Å². The lowest BCUT2D eigenvalue weighted by atomic mass is 9.85. The second kappa shape index (κ2) is 6.73. The van der Waals surface area contributed by atoms with Crippen LogP contribution in [0.5, 0.6) is 0 Å². The minimum atomic E-state index is -0.0343. The molecule has 0 radical (unpaired) electrons. The van der Waals surface area contributed by atoms with E-state index in [9.17, 15) is 4.79 Å². The maximum Gasteiger partial charge on any atom is 0.227 e. The Bertz CT molecular complexity index is 824. The van der Waals surface area contributed by atoms with Crippen molar-refractivity contribution in [2.24, 2.45) is 0 Å². The van der Waals surface area contributed by atoms with Crippen LogP contribution >= 0.6 is 0 Å². The maximum absolute atomic E-state index is 13.4. The molecule has 2 saturated heterocycles. The van der Waals surface area contributed by atoms with Crippen molar-refractivity contribution >= 4 is 16.8 Å². The first-order valence-electron chi connectivity index (χ1n) is 10.1. The van der Waals surface area contributed by atoms with E-state index in [1.807, 2.05) is 0 Å². The highest BCUT2D eigenvalue weighted by Gasteiger charge is 2.45. The molecule has 26 heavy (non-hydrogen) atoms. The Labute approximate surface area is 156 Å². The molecule has 2 aliphatic rings. The third-order valence-electron chi connectivity index (χ3n) is 6.67. The van der Waals surface area contributed by atoms with E-state index in [0.717, 1.165) is 37.1 Å². The third-order valence-corrected chi connectivity index (χ3v) is 6.67. The van der Waals surface area contributed by atoms with Gasteiger partial charge in [0.05, 0.1) is 12.0 Å². The maximum atomic E-state index is 13.4. The van der Waals surface area contributed by atoms with Crippen LogP contribution in [0, 0.1) is 13.8 Å². The lowest BCUT2D eigenvalue weighted by molar-refractivity contribution is -0.137. The number of aryl methyl sites for hydroxylation is 2. The number of aromatic amines is 1. The van der Waals surface area contributed by atoms with Crippen LogP contribution in [-0.4, -0.2) is 40.5 Å². The zero-order valence-electron chi connectivity index (χ0n) is 16.3. The van der Waals surface area contributed by atoms with Crippen molar-refractivity contribution in [3.05, 3.63) is 35.0 Å². The van der Waals surface area contributed by atoms with Crippen molar-refractivity contribution in [3.8, 4) is 0 Å². The normalized spacial score (nSPS) is 26.6. The minimum absolute atomic E-state index is 0.0343. The summed E-state index contributed by atoms with van der Waals surface area (Å²) in [6.07, 6.45) is 6.37. The van der Waals surface area contributed by atoms with E-state index in [0.29, 0.717) is 12.5 Å². The Kier molecular flexibility index (Phi) is 4.55. The topological polar surface area (TPSA) is 48.1 Å². The number of aromatic nitrogens is 1. The van der Waals surface area contributed by atoms with Crippen molar-refractivity contribution in [1.29, 1.82) is 0 Å². The molecule has 0 saturated carbocycles. The Hall–Kier alpha value is -1.81. The summed E-state index contributed by atoms with van der Waals surface area (Å²) in [5.41, 5.74) is 4.63. The summed E-state index contributed by atoms with van der Waals surface area (Å²) in [6, 6.07) is 6.90. The van der Waals surface area contributed by atoms with E-state index in [-0.39, 0.29) is 11.4 Å². The Morgan fingerprint density at radius 2 is 2.12 bits per heavy atom. The van der Waals surface area contributed by atoms with Crippen LogP contribution in [0.15, 0.2) is 18.2 Å². The van der Waals surface area contributed by atoms with Crippen molar-refractivity contribution in [2.45, 2.75) is 70.9 Å². The van der Waals surface area contributed by atoms with Gasteiger partial charge in [0.15, 0.2) is 0 Å². The Morgan fingerprint density at radius 1 is 1.27 bits per heavy atom. The first kappa shape index (κ1) is 17.6. The molecule has 1 aromatic heterocycles. The Balaban J connectivity index is 1.65. The third kappa shape index (κ3) is 2.94. The molecular weight excluding hydrogens is 322 g/mol. The van der Waals surface area contributed by atoms with Crippen molar-refractivity contribution in [3.63, 3.8) is 0 Å². The lowest BCUT2D eigenvalue weighted by Gasteiger charge is -2.44. The van der Waals surface area contributed by atoms with Crippen LogP contribution in [-0.2, 0) is 11.2 Å². The van der Waals surface area contributed by atoms with Gasteiger partial charge in [-0.15, -0.1) is 0 Å². The molecule has 140 valence electrons. The number of amides is 1. The molecule has 4 heteroatoms. The van der Waals surface area contributed by atoms with Crippen molar-refractivity contribution in [1.82, 2.24) is 15.2 Å². The summed E-state index contributed by atoms with van der Waals surface area (Å²) in [5.74, 6) is 0.286. The fraction of sp³-hybridized carbons (Fsp3) is 0.591. The van der Waals surface area contributed by atoms with E-state index in [1.165, 1.54) is 35.8 Å². The molecule has 4 rings (SSSR count). The standard InChI is InChI=1S/C22H31N3O/c1-15-8-9-19-18(13-15)17(16(2)24-19)14-21(26)25-12-6-4-5-7-20-22(25,3)10-11-23-20/h8-9,13,20,23-24H,4-7,10-12,14H2,1-3H3/t20-,22-/m0/s1. The van der Waals surface area contributed by atoms with Gasteiger partial charge in [0.2, 0.25) is 5.91 Å². The number of carbonyl (C=O) groups excluding carboxylic acids is 1. The van der Waals surface area contributed by atoms with Gasteiger partial charge in [0.25, 0.3) is 0 Å². The summed E-state index contributed by atoms with van der Waals surface area (Å²) < 4.78 is 0. The first-order chi connectivity index (χ1) is 12.5. The summed E-state index contributed by atoms with van der Waals surface area (Å²) in [6.45, 7) is 8.42. The molecule has 2 fully saturated rings. The number of nitrogens with one attached hydrogen (secondary N) is 2. The SMILES string of the molecule is Cc1ccc2[nH]c(C)c(CC(=O)N3CCCCC[C@@H]4NCC[C@@]43C)c2c1. The average Bonchev–Trinajstić information content (AvgIpc) is 3.09. The molecule has 3 heterocycles. The van der Waals surface area contributed by atoms with E-state index in [2.05, 4.69) is 54.2 Å². The quantitative estimate of drug-likeness (QED) is 0.861. The van der Waals surface area contributed by atoms with Crippen molar-refractivity contribution in [2.75, 3.05) is 13.1 Å².